The van der Waals surface area contributed by atoms with E-state index in [0.717, 1.165) is 0 Å². The molecule has 170 valence electrons. The van der Waals surface area contributed by atoms with Gasteiger partial charge in [-0.05, 0) is 37.3 Å². The predicted molar refractivity (Wildman–Crippen MR) is 114 cm³/mol. The zero-order valence-electron chi connectivity index (χ0n) is 18.3. The van der Waals surface area contributed by atoms with E-state index in [4.69, 9.17) is 18.9 Å². The van der Waals surface area contributed by atoms with E-state index < -0.39 is 23.9 Å². The van der Waals surface area contributed by atoms with E-state index in [0.29, 0.717) is 28.5 Å². The first kappa shape index (κ1) is 22.9. The minimum Gasteiger partial charge on any atom is -0.493 e. The molecule has 1 atom stereocenters. The average Bonchev–Trinajstić information content (AvgIpc) is 2.80. The summed E-state index contributed by atoms with van der Waals surface area (Å²) in [6.07, 6.45) is 0. The molecule has 2 amide bonds. The van der Waals surface area contributed by atoms with E-state index in [9.17, 15) is 14.0 Å². The van der Waals surface area contributed by atoms with Gasteiger partial charge in [0.05, 0.1) is 38.1 Å². The number of halogens is 1. The highest BCUT2D eigenvalue weighted by Gasteiger charge is 2.38. The second-order valence-corrected chi connectivity index (χ2v) is 6.85. The Bertz CT molecular complexity index is 1020. The van der Waals surface area contributed by atoms with Crippen molar-refractivity contribution in [2.24, 2.45) is 0 Å². The van der Waals surface area contributed by atoms with Gasteiger partial charge in [0.2, 0.25) is 0 Å². The van der Waals surface area contributed by atoms with Gasteiger partial charge < -0.3 is 24.3 Å². The van der Waals surface area contributed by atoms with E-state index in [2.05, 4.69) is 5.32 Å². The van der Waals surface area contributed by atoms with Gasteiger partial charge >= 0.3 is 12.0 Å². The lowest BCUT2D eigenvalue weighted by atomic mass is 9.93. The molecular weight excluding hydrogens is 419 g/mol. The quantitative estimate of drug-likeness (QED) is 0.628. The molecule has 0 fully saturated rings. The molecule has 3 rings (SSSR count). The molecule has 0 aromatic heterocycles. The summed E-state index contributed by atoms with van der Waals surface area (Å²) in [5.41, 5.74) is 1.03. The fourth-order valence-corrected chi connectivity index (χ4v) is 3.44. The van der Waals surface area contributed by atoms with Crippen LogP contribution in [0.5, 0.6) is 17.2 Å². The maximum Gasteiger partial charge on any atom is 0.338 e. The fraction of sp³-hybridized carbons (Fsp3) is 0.304. The molecule has 8 nitrogen and oxygen atoms in total. The van der Waals surface area contributed by atoms with Crippen molar-refractivity contribution in [1.82, 2.24) is 10.2 Å². The number of urea groups is 1. The van der Waals surface area contributed by atoms with Crippen molar-refractivity contribution in [3.8, 4) is 17.2 Å². The van der Waals surface area contributed by atoms with Gasteiger partial charge in [-0.25, -0.2) is 14.0 Å². The molecule has 0 radical (unpaired) electrons. The molecule has 0 bridgehead atoms. The van der Waals surface area contributed by atoms with E-state index in [-0.39, 0.29) is 18.8 Å². The van der Waals surface area contributed by atoms with Crippen molar-refractivity contribution in [2.45, 2.75) is 13.0 Å². The second-order valence-electron chi connectivity index (χ2n) is 6.85. The van der Waals surface area contributed by atoms with E-state index in [1.54, 1.807) is 25.1 Å². The Morgan fingerprint density at radius 3 is 2.47 bits per heavy atom. The number of hydrogen-bond acceptors (Lipinski definition) is 6. The predicted octanol–water partition coefficient (Wildman–Crippen LogP) is 3.44. The number of hydrogen-bond donors (Lipinski definition) is 1. The molecule has 1 aliphatic rings. The first-order chi connectivity index (χ1) is 15.4. The van der Waals surface area contributed by atoms with Crippen molar-refractivity contribution in [3.63, 3.8) is 0 Å². The molecule has 2 aromatic carbocycles. The number of nitrogens with zero attached hydrogens (tertiary/aromatic N) is 1. The van der Waals surface area contributed by atoms with Gasteiger partial charge in [0, 0.05) is 12.6 Å². The van der Waals surface area contributed by atoms with Gasteiger partial charge in [0.25, 0.3) is 0 Å². The summed E-state index contributed by atoms with van der Waals surface area (Å²) in [5.74, 6) is 0.211. The van der Waals surface area contributed by atoms with Crippen LogP contribution in [0.3, 0.4) is 0 Å². The molecule has 2 aromatic rings. The molecule has 9 heteroatoms. The zero-order chi connectivity index (χ0) is 23.3. The van der Waals surface area contributed by atoms with Gasteiger partial charge in [-0.1, -0.05) is 12.1 Å². The van der Waals surface area contributed by atoms with Crippen molar-refractivity contribution in [3.05, 3.63) is 65.1 Å². The molecule has 1 unspecified atom stereocenters. The Labute approximate surface area is 185 Å². The van der Waals surface area contributed by atoms with Crippen LogP contribution in [-0.2, 0) is 9.53 Å². The molecule has 1 heterocycles. The van der Waals surface area contributed by atoms with Gasteiger partial charge in [0.15, 0.2) is 11.5 Å². The molecule has 0 saturated heterocycles. The third kappa shape index (κ3) is 4.61. The van der Waals surface area contributed by atoms with Crippen molar-refractivity contribution < 1.29 is 32.9 Å². The number of rotatable bonds is 8. The summed E-state index contributed by atoms with van der Waals surface area (Å²) in [7, 11) is 4.50. The van der Waals surface area contributed by atoms with Crippen LogP contribution in [0.15, 0.2) is 53.7 Å². The maximum atomic E-state index is 13.2. The number of methoxy groups -OCH3 is 2. The van der Waals surface area contributed by atoms with Crippen LogP contribution in [0.25, 0.3) is 0 Å². The third-order valence-electron chi connectivity index (χ3n) is 5.01. The highest BCUT2D eigenvalue weighted by molar-refractivity contribution is 5.95. The molecule has 0 spiro atoms. The molecule has 1 aliphatic heterocycles. The number of carbonyl (C=O) groups excluding carboxylic acids is 2. The van der Waals surface area contributed by atoms with Crippen molar-refractivity contribution in [2.75, 3.05) is 34.5 Å². The summed E-state index contributed by atoms with van der Waals surface area (Å²) in [4.78, 5) is 27.1. The normalized spacial score (nSPS) is 15.8. The Morgan fingerprint density at radius 1 is 1.12 bits per heavy atom. The number of amides is 2. The van der Waals surface area contributed by atoms with Crippen LogP contribution < -0.4 is 19.5 Å². The van der Waals surface area contributed by atoms with Gasteiger partial charge in [-0.3, -0.25) is 4.90 Å². The number of ether oxygens (including phenoxy) is 4. The summed E-state index contributed by atoms with van der Waals surface area (Å²) >= 11 is 0. The van der Waals surface area contributed by atoms with E-state index in [1.165, 1.54) is 50.4 Å². The standard InChI is InChI=1S/C23H25FN2O6/c1-5-31-22(27)19-17(13-32-15-11-9-14(24)10-12-15)26(2)23(28)25-20(19)16-7-6-8-18(29-3)21(16)30-4/h6-12,20H,5,13H2,1-4H3,(H,25,28). The first-order valence-corrected chi connectivity index (χ1v) is 9.94. The van der Waals surface area contributed by atoms with Crippen LogP contribution >= 0.6 is 0 Å². The molecule has 0 saturated carbocycles. The lowest BCUT2D eigenvalue weighted by Crippen LogP contribution is -2.48. The fourth-order valence-electron chi connectivity index (χ4n) is 3.44. The maximum absolute atomic E-state index is 13.2. The van der Waals surface area contributed by atoms with Crippen LogP contribution in [-0.4, -0.2) is 51.4 Å². The SMILES string of the molecule is CCOC(=O)C1=C(COc2ccc(F)cc2)N(C)C(=O)NC1c1cccc(OC)c1OC. The molecule has 0 aliphatic carbocycles. The lowest BCUT2D eigenvalue weighted by Gasteiger charge is -2.35. The summed E-state index contributed by atoms with van der Waals surface area (Å²) in [5, 5.41) is 2.82. The molecular formula is C23H25FN2O6. The van der Waals surface area contributed by atoms with Crippen molar-refractivity contribution >= 4 is 12.0 Å². The van der Waals surface area contributed by atoms with Crippen LogP contribution in [0, 0.1) is 5.82 Å². The Kier molecular flexibility index (Phi) is 7.19. The summed E-state index contributed by atoms with van der Waals surface area (Å²) in [6.45, 7) is 1.72. The van der Waals surface area contributed by atoms with Gasteiger partial charge in [-0.15, -0.1) is 0 Å². The molecule has 32 heavy (non-hydrogen) atoms. The summed E-state index contributed by atoms with van der Waals surface area (Å²) < 4.78 is 35.1. The van der Waals surface area contributed by atoms with Gasteiger partial charge in [-0.2, -0.15) is 0 Å². The number of benzene rings is 2. The minimum atomic E-state index is -0.866. The highest BCUT2D eigenvalue weighted by atomic mass is 19.1. The third-order valence-corrected chi connectivity index (χ3v) is 5.01. The number of para-hydroxylation sites is 1. The van der Waals surface area contributed by atoms with Gasteiger partial charge in [0.1, 0.15) is 18.2 Å². The number of nitrogens with one attached hydrogen (secondary N) is 1. The summed E-state index contributed by atoms with van der Waals surface area (Å²) in [6, 6.07) is 9.32. The largest absolute Gasteiger partial charge is 0.493 e. The minimum absolute atomic E-state index is 0.119. The number of carbonyl (C=O) groups is 2. The highest BCUT2D eigenvalue weighted by Crippen LogP contribution is 2.40. The smallest absolute Gasteiger partial charge is 0.338 e. The monoisotopic (exact) mass is 444 g/mol. The Morgan fingerprint density at radius 2 is 1.84 bits per heavy atom. The zero-order valence-corrected chi connectivity index (χ0v) is 18.3. The number of likely N-dealkylation sites (N-methyl/N-ethyl adjacent to an activating group) is 1. The number of esters is 1. The second kappa shape index (κ2) is 10.0. The van der Waals surface area contributed by atoms with E-state index in [1.807, 2.05) is 0 Å². The Hall–Kier alpha value is -3.75. The Balaban J connectivity index is 2.10. The van der Waals surface area contributed by atoms with Crippen LogP contribution in [0.2, 0.25) is 0 Å². The lowest BCUT2D eigenvalue weighted by molar-refractivity contribution is -0.139. The van der Waals surface area contributed by atoms with Crippen LogP contribution in [0.1, 0.15) is 18.5 Å². The molecule has 1 N–H and O–H groups in total. The van der Waals surface area contributed by atoms with Crippen LogP contribution in [0.4, 0.5) is 9.18 Å². The topological polar surface area (TPSA) is 86.3 Å². The van der Waals surface area contributed by atoms with E-state index >= 15 is 0 Å². The van der Waals surface area contributed by atoms with Crippen molar-refractivity contribution in [1.29, 1.82) is 0 Å². The average molecular weight is 444 g/mol. The first-order valence-electron chi connectivity index (χ1n) is 9.94.